The number of aliphatic imine (C=N–C) groups is 1. The number of hydrogen-bond acceptors (Lipinski definition) is 3. The van der Waals surface area contributed by atoms with Crippen molar-refractivity contribution in [3.63, 3.8) is 0 Å². The van der Waals surface area contributed by atoms with Crippen LogP contribution in [0.1, 0.15) is 42.3 Å². The molecule has 0 bridgehead atoms. The van der Waals surface area contributed by atoms with Gasteiger partial charge in [-0.2, -0.15) is 5.10 Å². The highest BCUT2D eigenvalue weighted by Crippen LogP contribution is 2.15. The maximum atomic E-state index is 9.70. The summed E-state index contributed by atoms with van der Waals surface area (Å²) in [6.07, 6.45) is 1.87. The lowest BCUT2D eigenvalue weighted by molar-refractivity contribution is 0.265. The van der Waals surface area contributed by atoms with Crippen LogP contribution in [0.3, 0.4) is 0 Å². The smallest absolute Gasteiger partial charge is 0.191 e. The van der Waals surface area contributed by atoms with Gasteiger partial charge in [-0.1, -0.05) is 44.2 Å². The minimum Gasteiger partial charge on any atom is -0.396 e. The monoisotopic (exact) mass is 357 g/mol. The first-order valence-electron chi connectivity index (χ1n) is 9.28. The minimum atomic E-state index is 0.0329. The van der Waals surface area contributed by atoms with Gasteiger partial charge in [0.25, 0.3) is 0 Å². The van der Waals surface area contributed by atoms with Gasteiger partial charge in [0.1, 0.15) is 0 Å². The highest BCUT2D eigenvalue weighted by Gasteiger charge is 2.15. The number of hydrogen-bond donors (Lipinski definition) is 3. The summed E-state index contributed by atoms with van der Waals surface area (Å²) in [5.74, 6) is 0.762. The average molecular weight is 358 g/mol. The van der Waals surface area contributed by atoms with Crippen molar-refractivity contribution in [1.29, 1.82) is 0 Å². The molecule has 0 radical (unpaired) electrons. The normalized spacial score (nSPS) is 12.9. The highest BCUT2D eigenvalue weighted by molar-refractivity contribution is 5.79. The van der Waals surface area contributed by atoms with Gasteiger partial charge in [-0.05, 0) is 18.4 Å². The summed E-state index contributed by atoms with van der Waals surface area (Å²) in [6.45, 7) is 5.68. The molecular weight excluding hydrogens is 326 g/mol. The van der Waals surface area contributed by atoms with Crippen molar-refractivity contribution in [2.45, 2.75) is 39.2 Å². The van der Waals surface area contributed by atoms with Gasteiger partial charge in [-0.15, -0.1) is 0 Å². The third-order valence-corrected chi connectivity index (χ3v) is 4.69. The van der Waals surface area contributed by atoms with Crippen molar-refractivity contribution in [3.8, 4) is 0 Å². The molecule has 6 nitrogen and oxygen atoms in total. The third kappa shape index (κ3) is 4.85. The van der Waals surface area contributed by atoms with Gasteiger partial charge in [-0.25, -0.2) is 0 Å². The van der Waals surface area contributed by atoms with E-state index in [1.807, 2.05) is 42.1 Å². The van der Waals surface area contributed by atoms with Crippen molar-refractivity contribution in [1.82, 2.24) is 20.4 Å². The molecule has 2 rings (SSSR count). The van der Waals surface area contributed by atoms with E-state index in [2.05, 4.69) is 34.6 Å². The van der Waals surface area contributed by atoms with E-state index in [0.29, 0.717) is 13.1 Å². The summed E-state index contributed by atoms with van der Waals surface area (Å²) in [6, 6.07) is 10.0. The Morgan fingerprint density at radius 1 is 1.19 bits per heavy atom. The number of nitrogens with one attached hydrogen (secondary N) is 2. The molecule has 1 aromatic carbocycles. The van der Waals surface area contributed by atoms with Crippen LogP contribution in [0.4, 0.5) is 0 Å². The maximum absolute atomic E-state index is 9.70. The molecule has 6 heteroatoms. The molecular formula is C20H31N5O. The van der Waals surface area contributed by atoms with E-state index in [4.69, 9.17) is 0 Å². The molecule has 1 heterocycles. The fraction of sp³-hybridized carbons (Fsp3) is 0.500. The summed E-state index contributed by atoms with van der Waals surface area (Å²) in [5, 5.41) is 21.0. The van der Waals surface area contributed by atoms with E-state index in [9.17, 15) is 5.11 Å². The lowest BCUT2D eigenvalue weighted by Crippen LogP contribution is -2.39. The van der Waals surface area contributed by atoms with Crippen LogP contribution in [0.5, 0.6) is 0 Å². The molecule has 0 fully saturated rings. The quantitative estimate of drug-likeness (QED) is 0.499. The molecule has 0 aliphatic carbocycles. The van der Waals surface area contributed by atoms with E-state index in [1.165, 1.54) is 11.3 Å². The van der Waals surface area contributed by atoms with Crippen LogP contribution < -0.4 is 10.6 Å². The summed E-state index contributed by atoms with van der Waals surface area (Å²) in [7, 11) is 3.76. The van der Waals surface area contributed by atoms with E-state index in [1.54, 1.807) is 7.05 Å². The Morgan fingerprint density at radius 3 is 2.50 bits per heavy atom. The van der Waals surface area contributed by atoms with Crippen LogP contribution in [0.15, 0.2) is 35.3 Å². The van der Waals surface area contributed by atoms with Gasteiger partial charge in [0, 0.05) is 44.4 Å². The SMILES string of the molecule is CCc1nn(C)c(CC)c1CNC(=NC)NCC(CO)c1ccccc1. The molecule has 0 aliphatic heterocycles. The van der Waals surface area contributed by atoms with Gasteiger partial charge in [0.05, 0.1) is 12.3 Å². The van der Waals surface area contributed by atoms with E-state index in [-0.39, 0.29) is 12.5 Å². The van der Waals surface area contributed by atoms with Crippen molar-refractivity contribution in [3.05, 3.63) is 52.8 Å². The third-order valence-electron chi connectivity index (χ3n) is 4.69. The molecule has 0 amide bonds. The van der Waals surface area contributed by atoms with Crippen molar-refractivity contribution in [2.24, 2.45) is 12.0 Å². The Kier molecular flexibility index (Phi) is 7.66. The molecule has 1 unspecified atom stereocenters. The van der Waals surface area contributed by atoms with Crippen LogP contribution >= 0.6 is 0 Å². The largest absolute Gasteiger partial charge is 0.396 e. The molecule has 3 N–H and O–H groups in total. The summed E-state index contributed by atoms with van der Waals surface area (Å²) in [4.78, 5) is 4.31. The van der Waals surface area contributed by atoms with E-state index >= 15 is 0 Å². The predicted octanol–water partition coefficient (Wildman–Crippen LogP) is 1.99. The summed E-state index contributed by atoms with van der Waals surface area (Å²) in [5.41, 5.74) is 4.75. The molecule has 142 valence electrons. The zero-order chi connectivity index (χ0) is 18.9. The average Bonchev–Trinajstić information content (AvgIpc) is 3.00. The van der Waals surface area contributed by atoms with Gasteiger partial charge in [-0.3, -0.25) is 9.67 Å². The number of benzene rings is 1. The number of aryl methyl sites for hydroxylation is 2. The van der Waals surface area contributed by atoms with Gasteiger partial charge >= 0.3 is 0 Å². The second kappa shape index (κ2) is 9.97. The van der Waals surface area contributed by atoms with Crippen LogP contribution in [-0.2, 0) is 26.4 Å². The fourth-order valence-corrected chi connectivity index (χ4v) is 3.22. The van der Waals surface area contributed by atoms with Gasteiger partial charge < -0.3 is 15.7 Å². The number of guanidine groups is 1. The number of aromatic nitrogens is 2. The zero-order valence-electron chi connectivity index (χ0n) is 16.3. The second-order valence-corrected chi connectivity index (χ2v) is 6.30. The Balaban J connectivity index is 1.98. The fourth-order valence-electron chi connectivity index (χ4n) is 3.22. The highest BCUT2D eigenvalue weighted by atomic mass is 16.3. The van der Waals surface area contributed by atoms with Crippen molar-refractivity contribution < 1.29 is 5.11 Å². The van der Waals surface area contributed by atoms with Crippen LogP contribution in [0.2, 0.25) is 0 Å². The van der Waals surface area contributed by atoms with E-state index in [0.717, 1.165) is 30.1 Å². The molecule has 0 saturated carbocycles. The Labute approximate surface area is 156 Å². The second-order valence-electron chi connectivity index (χ2n) is 6.30. The summed E-state index contributed by atoms with van der Waals surface area (Å²) < 4.78 is 1.98. The Hall–Kier alpha value is -2.34. The lowest BCUT2D eigenvalue weighted by atomic mass is 10.0. The number of nitrogens with zero attached hydrogens (tertiary/aromatic N) is 3. The van der Waals surface area contributed by atoms with Crippen molar-refractivity contribution in [2.75, 3.05) is 20.2 Å². The molecule has 26 heavy (non-hydrogen) atoms. The Morgan fingerprint density at radius 2 is 1.92 bits per heavy atom. The predicted molar refractivity (Wildman–Crippen MR) is 106 cm³/mol. The topological polar surface area (TPSA) is 74.5 Å². The lowest BCUT2D eigenvalue weighted by Gasteiger charge is -2.18. The number of aliphatic hydroxyl groups excluding tert-OH is 1. The molecule has 0 spiro atoms. The number of rotatable bonds is 8. The van der Waals surface area contributed by atoms with E-state index < -0.39 is 0 Å². The minimum absolute atomic E-state index is 0.0329. The number of aliphatic hydroxyl groups is 1. The maximum Gasteiger partial charge on any atom is 0.191 e. The molecule has 2 aromatic rings. The first-order valence-corrected chi connectivity index (χ1v) is 9.28. The molecule has 0 saturated heterocycles. The van der Waals surface area contributed by atoms with Crippen LogP contribution in [0.25, 0.3) is 0 Å². The zero-order valence-corrected chi connectivity index (χ0v) is 16.3. The Bertz CT molecular complexity index is 708. The van der Waals surface area contributed by atoms with Crippen molar-refractivity contribution >= 4 is 5.96 Å². The van der Waals surface area contributed by atoms with Crippen LogP contribution in [0, 0.1) is 0 Å². The molecule has 0 aliphatic rings. The standard InChI is InChI=1S/C20H31N5O/c1-5-18-17(19(6-2)25(4)24-18)13-23-20(21-3)22-12-16(14-26)15-10-8-7-9-11-15/h7-11,16,26H,5-6,12-14H2,1-4H3,(H2,21,22,23). The van der Waals surface area contributed by atoms with Gasteiger partial charge in [0.15, 0.2) is 5.96 Å². The van der Waals surface area contributed by atoms with Crippen LogP contribution in [-0.4, -0.2) is 41.0 Å². The summed E-state index contributed by atoms with van der Waals surface area (Å²) >= 11 is 0. The molecule has 1 atom stereocenters. The first kappa shape index (κ1) is 20.0. The first-order chi connectivity index (χ1) is 12.6. The molecule has 1 aromatic heterocycles. The van der Waals surface area contributed by atoms with Gasteiger partial charge in [0.2, 0.25) is 0 Å².